The highest BCUT2D eigenvalue weighted by atomic mass is 19.4. The normalized spacial score (nSPS) is 18.6. The van der Waals surface area contributed by atoms with Crippen molar-refractivity contribution in [3.63, 3.8) is 0 Å². The van der Waals surface area contributed by atoms with Gasteiger partial charge in [0.15, 0.2) is 11.4 Å². The Morgan fingerprint density at radius 2 is 2.00 bits per heavy atom. The van der Waals surface area contributed by atoms with Crippen LogP contribution in [0.3, 0.4) is 0 Å². The van der Waals surface area contributed by atoms with Gasteiger partial charge < -0.3 is 15.1 Å². The van der Waals surface area contributed by atoms with Crippen molar-refractivity contribution in [2.45, 2.75) is 51.3 Å². The van der Waals surface area contributed by atoms with E-state index in [4.69, 9.17) is 4.42 Å². The Morgan fingerprint density at radius 3 is 2.69 bits per heavy atom. The molecule has 35 heavy (non-hydrogen) atoms. The van der Waals surface area contributed by atoms with Gasteiger partial charge in [-0.1, -0.05) is 6.92 Å². The molecule has 1 aliphatic carbocycles. The number of hydrogen-bond acceptors (Lipinski definition) is 6. The third-order valence-corrected chi connectivity index (χ3v) is 5.79. The lowest BCUT2D eigenvalue weighted by Crippen LogP contribution is -2.21. The number of aromatic nitrogens is 4. The topological polar surface area (TPSA) is 97.9 Å². The van der Waals surface area contributed by atoms with Crippen LogP contribution in [0.1, 0.15) is 61.3 Å². The van der Waals surface area contributed by atoms with Gasteiger partial charge in [-0.15, -0.1) is 0 Å². The molecule has 0 unspecified atom stereocenters. The number of oxazole rings is 1. The molecule has 3 heterocycles. The molecular formula is C22H23F5N6O2. The number of amides is 1. The summed E-state index contributed by atoms with van der Waals surface area (Å²) in [5, 5.41) is 8.57. The molecule has 1 fully saturated rings. The summed E-state index contributed by atoms with van der Waals surface area (Å²) in [6.45, 7) is 0.871. The van der Waals surface area contributed by atoms with Crippen LogP contribution in [0.15, 0.2) is 35.2 Å². The lowest BCUT2D eigenvalue weighted by Gasteiger charge is -2.26. The molecule has 0 atom stereocenters. The highest BCUT2D eigenvalue weighted by molar-refractivity contribution is 6.03. The van der Waals surface area contributed by atoms with Crippen molar-refractivity contribution in [3.8, 4) is 11.5 Å². The minimum atomic E-state index is -4.42. The van der Waals surface area contributed by atoms with E-state index in [-0.39, 0.29) is 34.7 Å². The van der Waals surface area contributed by atoms with Gasteiger partial charge in [0.05, 0.1) is 11.7 Å². The summed E-state index contributed by atoms with van der Waals surface area (Å²) < 4.78 is 71.2. The van der Waals surface area contributed by atoms with Crippen molar-refractivity contribution in [1.29, 1.82) is 0 Å². The maximum Gasteiger partial charge on any atom is 0.405 e. The first kappa shape index (κ1) is 24.6. The van der Waals surface area contributed by atoms with Crippen molar-refractivity contribution in [2.24, 2.45) is 5.92 Å². The lowest BCUT2D eigenvalue weighted by atomic mass is 9.87. The predicted molar refractivity (Wildman–Crippen MR) is 116 cm³/mol. The molecule has 2 N–H and O–H groups in total. The van der Waals surface area contributed by atoms with Gasteiger partial charge in [-0.05, 0) is 43.7 Å². The van der Waals surface area contributed by atoms with Crippen LogP contribution in [-0.2, 0) is 0 Å². The van der Waals surface area contributed by atoms with Crippen LogP contribution in [0.2, 0.25) is 0 Å². The SMILES string of the molecule is C[C@H]1CC[C@H](n2cc(NC(=O)c3coc(-c4ccnc(NCC(F)(F)F)c4)n3)c(C(F)F)n2)CC1. The largest absolute Gasteiger partial charge is 0.444 e. The van der Waals surface area contributed by atoms with E-state index >= 15 is 0 Å². The molecule has 1 aliphatic rings. The summed E-state index contributed by atoms with van der Waals surface area (Å²) >= 11 is 0. The van der Waals surface area contributed by atoms with E-state index in [1.807, 2.05) is 0 Å². The van der Waals surface area contributed by atoms with Crippen molar-refractivity contribution >= 4 is 17.4 Å². The zero-order valence-corrected chi connectivity index (χ0v) is 18.6. The number of alkyl halides is 5. The summed E-state index contributed by atoms with van der Waals surface area (Å²) in [7, 11) is 0. The maximum atomic E-state index is 13.6. The smallest absolute Gasteiger partial charge is 0.405 e. The minimum Gasteiger partial charge on any atom is -0.444 e. The number of pyridine rings is 1. The average Bonchev–Trinajstić information content (AvgIpc) is 3.46. The fourth-order valence-corrected chi connectivity index (χ4v) is 3.91. The Labute approximate surface area is 196 Å². The van der Waals surface area contributed by atoms with Crippen LogP contribution in [0, 0.1) is 5.92 Å². The summed E-state index contributed by atoms with van der Waals surface area (Å²) in [4.78, 5) is 20.5. The van der Waals surface area contributed by atoms with Crippen LogP contribution in [0.5, 0.6) is 0 Å². The van der Waals surface area contributed by atoms with Crippen LogP contribution in [0.25, 0.3) is 11.5 Å². The van der Waals surface area contributed by atoms with Gasteiger partial charge in [-0.3, -0.25) is 9.48 Å². The van der Waals surface area contributed by atoms with Crippen molar-refractivity contribution < 1.29 is 31.2 Å². The van der Waals surface area contributed by atoms with Crippen LogP contribution >= 0.6 is 0 Å². The predicted octanol–water partition coefficient (Wildman–Crippen LogP) is 5.85. The highest BCUT2D eigenvalue weighted by Gasteiger charge is 2.28. The Kier molecular flexibility index (Phi) is 7.03. The molecule has 3 aromatic heterocycles. The number of anilines is 2. The zero-order valence-electron chi connectivity index (χ0n) is 18.6. The van der Waals surface area contributed by atoms with E-state index in [9.17, 15) is 26.7 Å². The third-order valence-electron chi connectivity index (χ3n) is 5.79. The monoisotopic (exact) mass is 498 g/mol. The second-order valence-corrected chi connectivity index (χ2v) is 8.51. The number of halogens is 5. The van der Waals surface area contributed by atoms with E-state index in [0.29, 0.717) is 5.92 Å². The first-order valence-electron chi connectivity index (χ1n) is 11.0. The van der Waals surface area contributed by atoms with Crippen LogP contribution < -0.4 is 10.6 Å². The Bertz CT molecular complexity index is 1170. The highest BCUT2D eigenvalue weighted by Crippen LogP contribution is 2.34. The first-order valence-corrected chi connectivity index (χ1v) is 11.0. The van der Waals surface area contributed by atoms with Gasteiger partial charge in [0.1, 0.15) is 18.6 Å². The molecule has 0 radical (unpaired) electrons. The molecule has 4 rings (SSSR count). The number of carbonyl (C=O) groups is 1. The van der Waals surface area contributed by atoms with Crippen molar-refractivity contribution in [3.05, 3.63) is 42.2 Å². The molecular weight excluding hydrogens is 475 g/mol. The number of nitrogens with zero attached hydrogens (tertiary/aromatic N) is 4. The summed E-state index contributed by atoms with van der Waals surface area (Å²) in [6, 6.07) is 2.71. The van der Waals surface area contributed by atoms with E-state index in [1.54, 1.807) is 0 Å². The molecule has 0 bridgehead atoms. The Hall–Kier alpha value is -3.51. The molecule has 0 spiro atoms. The molecule has 1 saturated carbocycles. The van der Waals surface area contributed by atoms with Gasteiger partial charge in [-0.25, -0.2) is 18.7 Å². The van der Waals surface area contributed by atoms with Gasteiger partial charge >= 0.3 is 6.18 Å². The zero-order chi connectivity index (χ0) is 25.2. The molecule has 1 amide bonds. The third kappa shape index (κ3) is 6.14. The second-order valence-electron chi connectivity index (χ2n) is 8.51. The fraction of sp³-hybridized carbons (Fsp3) is 0.455. The first-order chi connectivity index (χ1) is 16.6. The van der Waals surface area contributed by atoms with Crippen molar-refractivity contribution in [2.75, 3.05) is 17.2 Å². The van der Waals surface area contributed by atoms with Crippen LogP contribution in [0.4, 0.5) is 33.5 Å². The molecule has 0 saturated heterocycles. The molecule has 0 aromatic carbocycles. The van der Waals surface area contributed by atoms with Crippen molar-refractivity contribution in [1.82, 2.24) is 19.7 Å². The molecule has 3 aromatic rings. The number of rotatable bonds is 7. The quantitative estimate of drug-likeness (QED) is 0.397. The second kappa shape index (κ2) is 10.0. The number of carbonyl (C=O) groups excluding carboxylic acids is 1. The number of hydrogen-bond donors (Lipinski definition) is 2. The fourth-order valence-electron chi connectivity index (χ4n) is 3.91. The minimum absolute atomic E-state index is 0.0140. The Morgan fingerprint density at radius 1 is 1.26 bits per heavy atom. The maximum absolute atomic E-state index is 13.6. The summed E-state index contributed by atoms with van der Waals surface area (Å²) in [5.41, 5.74) is -0.566. The number of nitrogens with one attached hydrogen (secondary N) is 2. The van der Waals surface area contributed by atoms with Crippen LogP contribution in [-0.4, -0.2) is 38.4 Å². The van der Waals surface area contributed by atoms with Gasteiger partial charge in [0.2, 0.25) is 5.89 Å². The van der Waals surface area contributed by atoms with Gasteiger partial charge in [0.25, 0.3) is 12.3 Å². The van der Waals surface area contributed by atoms with Gasteiger partial charge in [-0.2, -0.15) is 18.3 Å². The van der Waals surface area contributed by atoms with E-state index in [1.165, 1.54) is 29.2 Å². The Balaban J connectivity index is 1.48. The molecule has 188 valence electrons. The van der Waals surface area contributed by atoms with E-state index < -0.39 is 30.7 Å². The van der Waals surface area contributed by atoms with Gasteiger partial charge in [0, 0.05) is 18.0 Å². The molecule has 0 aliphatic heterocycles. The molecule has 13 heteroatoms. The van der Waals surface area contributed by atoms with E-state index in [0.717, 1.165) is 31.9 Å². The average molecular weight is 498 g/mol. The molecule has 8 nitrogen and oxygen atoms in total. The lowest BCUT2D eigenvalue weighted by molar-refractivity contribution is -0.115. The standard InChI is InChI=1S/C22H23F5N6O2/c1-12-2-4-14(5-3-12)33-9-15(18(32-33)19(23)24)30-20(34)16-10-35-21(31-16)13-6-7-28-17(8-13)29-11-22(25,26)27/h6-10,12,14,19H,2-5,11H2,1H3,(H,28,29)(H,30,34)/t12-,14-. The summed E-state index contributed by atoms with van der Waals surface area (Å²) in [6.07, 6.45) is -0.0401. The van der Waals surface area contributed by atoms with E-state index in [2.05, 4.69) is 32.6 Å². The summed E-state index contributed by atoms with van der Waals surface area (Å²) in [5.74, 6) is -0.319.